The Bertz CT molecular complexity index is 904. The molecule has 0 spiro atoms. The third kappa shape index (κ3) is 2.76. The molecule has 0 radical (unpaired) electrons. The van der Waals surface area contributed by atoms with E-state index in [4.69, 9.17) is 4.74 Å². The van der Waals surface area contributed by atoms with Gasteiger partial charge in [0.1, 0.15) is 0 Å². The van der Waals surface area contributed by atoms with Crippen LogP contribution in [0.5, 0.6) is 0 Å². The molecule has 1 saturated heterocycles. The Morgan fingerprint density at radius 3 is 2.56 bits per heavy atom. The van der Waals surface area contributed by atoms with Gasteiger partial charge in [-0.15, -0.1) is 0 Å². The van der Waals surface area contributed by atoms with E-state index in [1.807, 2.05) is 30.3 Å². The second-order valence-electron chi connectivity index (χ2n) is 5.85. The van der Waals surface area contributed by atoms with Gasteiger partial charge in [-0.3, -0.25) is 0 Å². The van der Waals surface area contributed by atoms with Gasteiger partial charge in [-0.05, 0) is 0 Å². The van der Waals surface area contributed by atoms with E-state index in [1.165, 1.54) is 23.2 Å². The normalized spacial score (nSPS) is 26.4. The summed E-state index contributed by atoms with van der Waals surface area (Å²) >= 11 is 1.27. The fourth-order valence-electron chi connectivity index (χ4n) is 3.03. The van der Waals surface area contributed by atoms with E-state index < -0.39 is 24.5 Å². The van der Waals surface area contributed by atoms with Crippen LogP contribution in [0, 0.1) is 0 Å². The summed E-state index contributed by atoms with van der Waals surface area (Å²) in [6.07, 6.45) is -2.57. The predicted octanol–water partition coefficient (Wildman–Crippen LogP) is -1.64. The van der Waals surface area contributed by atoms with Crippen LogP contribution in [-0.4, -0.2) is 76.6 Å². The molecule has 0 aliphatic carbocycles. The van der Waals surface area contributed by atoms with Crippen molar-refractivity contribution in [3.63, 3.8) is 0 Å². The molecule has 1 fully saturated rings. The molecule has 0 saturated carbocycles. The second kappa shape index (κ2) is 6.48. The summed E-state index contributed by atoms with van der Waals surface area (Å²) in [5, 5.41) is 29.5. The van der Waals surface area contributed by atoms with Gasteiger partial charge in [-0.25, -0.2) is 0 Å². The number of aliphatic hydroxyl groups is 3. The molecule has 5 atom stereocenters. The van der Waals surface area contributed by atoms with Crippen molar-refractivity contribution in [3.05, 3.63) is 36.7 Å². The Morgan fingerprint density at radius 1 is 1.12 bits per heavy atom. The SMILES string of the molecule is OC[C@H]1O[C@@H](n2cnc3c(-c4ccccc4)nc([AsH2])nc32)[C@H](O)[C@@H]1O. The Balaban J connectivity index is 1.84. The average Bonchev–Trinajstić information content (AvgIpc) is 3.16. The molecular formula is C16H17AsN4O4. The summed E-state index contributed by atoms with van der Waals surface area (Å²) in [4.78, 5) is 13.4. The minimum absolute atomic E-state index is 0.381. The molecule has 3 N–H and O–H groups in total. The van der Waals surface area contributed by atoms with Gasteiger partial charge in [0.15, 0.2) is 0 Å². The van der Waals surface area contributed by atoms with Gasteiger partial charge in [0, 0.05) is 0 Å². The van der Waals surface area contributed by atoms with Crippen molar-refractivity contribution >= 4 is 32.6 Å². The van der Waals surface area contributed by atoms with E-state index in [-0.39, 0.29) is 6.61 Å². The van der Waals surface area contributed by atoms with E-state index in [1.54, 1.807) is 4.57 Å². The number of hydrogen-bond acceptors (Lipinski definition) is 7. The van der Waals surface area contributed by atoms with Crippen molar-refractivity contribution in [1.82, 2.24) is 19.5 Å². The zero-order valence-electron chi connectivity index (χ0n) is 13.1. The van der Waals surface area contributed by atoms with Crippen LogP contribution in [0.15, 0.2) is 36.7 Å². The van der Waals surface area contributed by atoms with E-state index >= 15 is 0 Å². The standard InChI is InChI=1S/C16H17AsN4O4/c17-16-19-10(8-4-2-1-3-5-8)11-14(20-16)21(7-18-11)15-13(24)12(23)9(6-22)25-15/h1-5,7,9,12-13,15,22-24H,6,17H2/t9-,12-,13-,15-/m1/s1. The Labute approximate surface area is 151 Å². The molecule has 4 rings (SSSR count). The summed E-state index contributed by atoms with van der Waals surface area (Å²) < 4.78 is 7.79. The number of nitrogens with zero attached hydrogens (tertiary/aromatic N) is 4. The van der Waals surface area contributed by atoms with Gasteiger partial charge in [0.2, 0.25) is 0 Å². The van der Waals surface area contributed by atoms with Gasteiger partial charge < -0.3 is 0 Å². The third-order valence-corrected chi connectivity index (χ3v) is 4.82. The van der Waals surface area contributed by atoms with Gasteiger partial charge in [0.25, 0.3) is 0 Å². The van der Waals surface area contributed by atoms with Gasteiger partial charge in [-0.2, -0.15) is 0 Å². The molecule has 1 aliphatic heterocycles. The first-order valence-corrected chi connectivity index (χ1v) is 8.99. The van der Waals surface area contributed by atoms with Crippen LogP contribution in [0.25, 0.3) is 22.4 Å². The molecule has 1 aliphatic rings. The minimum atomic E-state index is -1.18. The molecule has 25 heavy (non-hydrogen) atoms. The Morgan fingerprint density at radius 2 is 1.88 bits per heavy atom. The van der Waals surface area contributed by atoms with Crippen LogP contribution in [-0.2, 0) is 4.74 Å². The van der Waals surface area contributed by atoms with E-state index in [2.05, 4.69) is 15.0 Å². The number of fused-ring (bicyclic) bond motifs is 1. The van der Waals surface area contributed by atoms with Crippen LogP contribution in [0.1, 0.15) is 6.23 Å². The second-order valence-corrected chi connectivity index (χ2v) is 6.93. The first-order chi connectivity index (χ1) is 12.1. The molecule has 0 bridgehead atoms. The van der Waals surface area contributed by atoms with Crippen molar-refractivity contribution in [2.45, 2.75) is 24.5 Å². The molecule has 8 nitrogen and oxygen atoms in total. The van der Waals surface area contributed by atoms with Crippen molar-refractivity contribution in [2.75, 3.05) is 6.61 Å². The molecule has 0 amide bonds. The number of imidazole rings is 1. The van der Waals surface area contributed by atoms with E-state index in [0.717, 1.165) is 5.56 Å². The molecule has 9 heteroatoms. The zero-order valence-corrected chi connectivity index (χ0v) is 15.5. The van der Waals surface area contributed by atoms with E-state index in [0.29, 0.717) is 21.5 Å². The molecule has 3 aromatic rings. The number of hydrogen-bond donors (Lipinski definition) is 3. The van der Waals surface area contributed by atoms with E-state index in [9.17, 15) is 15.3 Å². The average molecular weight is 404 g/mol. The van der Waals surface area contributed by atoms with Crippen LogP contribution < -0.4 is 4.61 Å². The molecule has 2 aromatic heterocycles. The molecule has 1 aromatic carbocycles. The van der Waals surface area contributed by atoms with Crippen molar-refractivity contribution in [1.29, 1.82) is 0 Å². The number of aromatic nitrogens is 4. The van der Waals surface area contributed by atoms with Crippen LogP contribution in [0.2, 0.25) is 0 Å². The summed E-state index contributed by atoms with van der Waals surface area (Å²) in [7, 11) is 0. The summed E-state index contributed by atoms with van der Waals surface area (Å²) in [5.41, 5.74) is 2.73. The van der Waals surface area contributed by atoms with Gasteiger partial charge in [0.05, 0.1) is 0 Å². The Hall–Kier alpha value is -1.83. The molecule has 130 valence electrons. The number of aliphatic hydroxyl groups excluding tert-OH is 3. The molecule has 3 heterocycles. The molecule has 1 unspecified atom stereocenters. The van der Waals surface area contributed by atoms with Crippen molar-refractivity contribution in [2.24, 2.45) is 0 Å². The first-order valence-electron chi connectivity index (χ1n) is 7.78. The summed E-state index contributed by atoms with van der Waals surface area (Å²) in [5.74, 6) is 0. The predicted molar refractivity (Wildman–Crippen MR) is 91.9 cm³/mol. The van der Waals surface area contributed by atoms with Crippen LogP contribution in [0.4, 0.5) is 0 Å². The van der Waals surface area contributed by atoms with Crippen molar-refractivity contribution < 1.29 is 20.1 Å². The third-order valence-electron chi connectivity index (χ3n) is 4.28. The van der Waals surface area contributed by atoms with Gasteiger partial charge in [-0.1, -0.05) is 0 Å². The summed E-state index contributed by atoms with van der Waals surface area (Å²) in [6.45, 7) is -0.381. The van der Waals surface area contributed by atoms with Crippen LogP contribution in [0.3, 0.4) is 0 Å². The van der Waals surface area contributed by atoms with Gasteiger partial charge >= 0.3 is 151 Å². The quantitative estimate of drug-likeness (QED) is 0.449. The number of ether oxygens (including phenoxy) is 1. The number of rotatable bonds is 3. The fourth-order valence-corrected chi connectivity index (χ4v) is 3.55. The fraction of sp³-hybridized carbons (Fsp3) is 0.312. The first kappa shape index (κ1) is 16.6. The number of benzene rings is 1. The zero-order chi connectivity index (χ0) is 17.6. The van der Waals surface area contributed by atoms with Crippen molar-refractivity contribution in [3.8, 4) is 11.3 Å². The maximum atomic E-state index is 10.3. The molecular weight excluding hydrogens is 387 g/mol. The van der Waals surface area contributed by atoms with Crippen LogP contribution >= 0.6 is 0 Å². The maximum absolute atomic E-state index is 10.3. The summed E-state index contributed by atoms with van der Waals surface area (Å²) in [6, 6.07) is 9.66. The monoisotopic (exact) mass is 404 g/mol. The Kier molecular flexibility index (Phi) is 4.31. The topological polar surface area (TPSA) is 114 Å².